The molecule has 1 aliphatic carbocycles. The molecule has 0 aliphatic heterocycles. The Morgan fingerprint density at radius 1 is 1.53 bits per heavy atom. The molecule has 0 aromatic rings. The highest BCUT2D eigenvalue weighted by Crippen LogP contribution is 2.31. The summed E-state index contributed by atoms with van der Waals surface area (Å²) in [6, 6.07) is 1.15. The average molecular weight is 214 g/mol. The fraction of sp³-hybridized carbons (Fsp3) is 1.00. The third kappa shape index (κ3) is 3.16. The van der Waals surface area contributed by atoms with Crippen LogP contribution in [0.15, 0.2) is 0 Å². The molecular weight excluding hydrogens is 188 g/mol. The van der Waals surface area contributed by atoms with Gasteiger partial charge in [0.15, 0.2) is 0 Å². The second-order valence-corrected chi connectivity index (χ2v) is 5.25. The number of aliphatic hydroxyl groups excluding tert-OH is 1. The molecule has 0 spiro atoms. The summed E-state index contributed by atoms with van der Waals surface area (Å²) >= 11 is 0. The fourth-order valence-corrected chi connectivity index (χ4v) is 2.67. The molecule has 3 N–H and O–H groups in total. The zero-order chi connectivity index (χ0) is 11.5. The largest absolute Gasteiger partial charge is 0.394 e. The Labute approximate surface area is 93.6 Å². The van der Waals surface area contributed by atoms with E-state index < -0.39 is 0 Å². The van der Waals surface area contributed by atoms with Crippen molar-refractivity contribution in [3.63, 3.8) is 0 Å². The number of hydrogen-bond donors (Lipinski definition) is 2. The van der Waals surface area contributed by atoms with Crippen LogP contribution in [0.3, 0.4) is 0 Å². The van der Waals surface area contributed by atoms with Gasteiger partial charge in [-0.1, -0.05) is 6.92 Å². The molecule has 0 amide bonds. The number of nitrogens with two attached hydrogens (primary N) is 1. The summed E-state index contributed by atoms with van der Waals surface area (Å²) in [5.74, 6) is 0. The van der Waals surface area contributed by atoms with Crippen molar-refractivity contribution in [1.29, 1.82) is 0 Å². The highest BCUT2D eigenvalue weighted by Gasteiger charge is 2.38. The smallest absolute Gasteiger partial charge is 0.0611 e. The van der Waals surface area contributed by atoms with Crippen molar-refractivity contribution in [2.75, 3.05) is 13.2 Å². The molecule has 0 bridgehead atoms. The lowest BCUT2D eigenvalue weighted by atomic mass is 10.00. The normalized spacial score (nSPS) is 31.8. The van der Waals surface area contributed by atoms with Crippen LogP contribution >= 0.6 is 0 Å². The van der Waals surface area contributed by atoms with Crippen LogP contribution in [-0.2, 0) is 0 Å². The molecule has 90 valence electrons. The summed E-state index contributed by atoms with van der Waals surface area (Å²) in [4.78, 5) is 2.53. The van der Waals surface area contributed by atoms with Crippen LogP contribution in [0.5, 0.6) is 0 Å². The Hall–Kier alpha value is -0.120. The van der Waals surface area contributed by atoms with Gasteiger partial charge in [-0.3, -0.25) is 4.90 Å². The van der Waals surface area contributed by atoms with Gasteiger partial charge >= 0.3 is 0 Å². The average Bonchev–Trinajstić information content (AvgIpc) is 2.58. The third-order valence-corrected chi connectivity index (χ3v) is 3.55. The van der Waals surface area contributed by atoms with Gasteiger partial charge in [0, 0.05) is 17.6 Å². The van der Waals surface area contributed by atoms with E-state index in [0.29, 0.717) is 12.1 Å². The Bertz CT molecular complexity index is 196. The minimum atomic E-state index is -0.314. The molecule has 0 saturated heterocycles. The van der Waals surface area contributed by atoms with Crippen molar-refractivity contribution in [2.45, 2.75) is 64.1 Å². The highest BCUT2D eigenvalue weighted by molar-refractivity contribution is 4.97. The monoisotopic (exact) mass is 214 g/mol. The Morgan fingerprint density at radius 2 is 2.20 bits per heavy atom. The zero-order valence-corrected chi connectivity index (χ0v) is 10.4. The maximum Gasteiger partial charge on any atom is 0.0611 e. The van der Waals surface area contributed by atoms with Crippen LogP contribution in [-0.4, -0.2) is 40.8 Å². The summed E-state index contributed by atoms with van der Waals surface area (Å²) in [7, 11) is 0. The van der Waals surface area contributed by atoms with Crippen molar-refractivity contribution in [3.8, 4) is 0 Å². The first-order valence-corrected chi connectivity index (χ1v) is 6.18. The molecule has 15 heavy (non-hydrogen) atoms. The van der Waals surface area contributed by atoms with E-state index >= 15 is 0 Å². The van der Waals surface area contributed by atoms with Crippen LogP contribution in [0, 0.1) is 0 Å². The second kappa shape index (κ2) is 5.28. The van der Waals surface area contributed by atoms with Gasteiger partial charge < -0.3 is 10.8 Å². The lowest BCUT2D eigenvalue weighted by molar-refractivity contribution is 0.138. The summed E-state index contributed by atoms with van der Waals surface area (Å²) in [5.41, 5.74) is 5.79. The zero-order valence-electron chi connectivity index (χ0n) is 10.4. The molecule has 1 saturated carbocycles. The summed E-state index contributed by atoms with van der Waals surface area (Å²) < 4.78 is 0. The second-order valence-electron chi connectivity index (χ2n) is 5.25. The maximum absolute atomic E-state index is 9.25. The van der Waals surface area contributed by atoms with Crippen molar-refractivity contribution >= 4 is 0 Å². The Balaban J connectivity index is 2.56. The van der Waals surface area contributed by atoms with Gasteiger partial charge in [-0.05, 0) is 46.1 Å². The fourth-order valence-electron chi connectivity index (χ4n) is 2.67. The number of rotatable bonds is 5. The molecule has 3 heteroatoms. The van der Waals surface area contributed by atoms with Crippen LogP contribution in [0.1, 0.15) is 46.5 Å². The molecule has 0 aromatic heterocycles. The summed E-state index contributed by atoms with van der Waals surface area (Å²) in [6.07, 6.45) is 4.23. The SMILES string of the molecule is CCCN(C(C)C)C1CCC(N)(CO)C1. The molecule has 0 radical (unpaired) electrons. The van der Waals surface area contributed by atoms with E-state index in [4.69, 9.17) is 5.73 Å². The van der Waals surface area contributed by atoms with Crippen molar-refractivity contribution in [2.24, 2.45) is 5.73 Å². The van der Waals surface area contributed by atoms with E-state index in [1.165, 1.54) is 6.42 Å². The molecule has 1 rings (SSSR count). The van der Waals surface area contributed by atoms with Crippen LogP contribution in [0.2, 0.25) is 0 Å². The number of nitrogens with zero attached hydrogens (tertiary/aromatic N) is 1. The first-order chi connectivity index (χ1) is 7.02. The van der Waals surface area contributed by atoms with Crippen LogP contribution < -0.4 is 5.73 Å². The van der Waals surface area contributed by atoms with Gasteiger partial charge in [0.1, 0.15) is 0 Å². The van der Waals surface area contributed by atoms with Crippen LogP contribution in [0.25, 0.3) is 0 Å². The number of hydrogen-bond acceptors (Lipinski definition) is 3. The first-order valence-electron chi connectivity index (χ1n) is 6.18. The lowest BCUT2D eigenvalue weighted by Crippen LogP contribution is -2.45. The van der Waals surface area contributed by atoms with E-state index in [2.05, 4.69) is 25.7 Å². The number of aliphatic hydroxyl groups is 1. The van der Waals surface area contributed by atoms with E-state index in [-0.39, 0.29) is 12.1 Å². The molecule has 2 unspecified atom stereocenters. The van der Waals surface area contributed by atoms with Gasteiger partial charge in [-0.2, -0.15) is 0 Å². The minimum Gasteiger partial charge on any atom is -0.394 e. The molecule has 1 fully saturated rings. The standard InChI is InChI=1S/C12H26N2O/c1-4-7-14(10(2)3)11-5-6-12(13,8-11)9-15/h10-11,15H,4-9,13H2,1-3H3. The minimum absolute atomic E-state index is 0.127. The van der Waals surface area contributed by atoms with Gasteiger partial charge in [0.2, 0.25) is 0 Å². The Kier molecular flexibility index (Phi) is 4.56. The molecule has 0 heterocycles. The molecular formula is C12H26N2O. The van der Waals surface area contributed by atoms with Crippen molar-refractivity contribution in [3.05, 3.63) is 0 Å². The predicted octanol–water partition coefficient (Wildman–Crippen LogP) is 1.35. The van der Waals surface area contributed by atoms with Gasteiger partial charge in [0.05, 0.1) is 6.61 Å². The van der Waals surface area contributed by atoms with Gasteiger partial charge in [-0.15, -0.1) is 0 Å². The first kappa shape index (κ1) is 12.9. The third-order valence-electron chi connectivity index (χ3n) is 3.55. The van der Waals surface area contributed by atoms with E-state index in [9.17, 15) is 5.11 Å². The summed E-state index contributed by atoms with van der Waals surface area (Å²) in [5, 5.41) is 9.25. The van der Waals surface area contributed by atoms with Crippen molar-refractivity contribution < 1.29 is 5.11 Å². The molecule has 2 atom stereocenters. The quantitative estimate of drug-likeness (QED) is 0.726. The topological polar surface area (TPSA) is 49.5 Å². The van der Waals surface area contributed by atoms with E-state index in [1.54, 1.807) is 0 Å². The van der Waals surface area contributed by atoms with E-state index in [1.807, 2.05) is 0 Å². The summed E-state index contributed by atoms with van der Waals surface area (Å²) in [6.45, 7) is 7.97. The van der Waals surface area contributed by atoms with Crippen LogP contribution in [0.4, 0.5) is 0 Å². The Morgan fingerprint density at radius 3 is 2.60 bits per heavy atom. The van der Waals surface area contributed by atoms with Gasteiger partial charge in [0.25, 0.3) is 0 Å². The molecule has 3 nitrogen and oxygen atoms in total. The van der Waals surface area contributed by atoms with Gasteiger partial charge in [-0.25, -0.2) is 0 Å². The maximum atomic E-state index is 9.25. The van der Waals surface area contributed by atoms with Crippen molar-refractivity contribution in [1.82, 2.24) is 4.90 Å². The molecule has 0 aromatic carbocycles. The lowest BCUT2D eigenvalue weighted by Gasteiger charge is -2.33. The van der Waals surface area contributed by atoms with E-state index in [0.717, 1.165) is 25.8 Å². The predicted molar refractivity (Wildman–Crippen MR) is 63.8 cm³/mol. The molecule has 1 aliphatic rings. The highest BCUT2D eigenvalue weighted by atomic mass is 16.3.